The fraction of sp³-hybridized carbons (Fsp3) is 1.00. The molecule has 98 valence electrons. The molecule has 0 radical (unpaired) electrons. The first-order valence-corrected chi connectivity index (χ1v) is 8.44. The van der Waals surface area contributed by atoms with Crippen molar-refractivity contribution in [2.24, 2.45) is 11.8 Å². The summed E-state index contributed by atoms with van der Waals surface area (Å²) in [6.45, 7) is 7.36. The Bertz CT molecular complexity index is 200. The molecule has 0 saturated carbocycles. The number of quaternary nitrogens is 1. The third kappa shape index (κ3) is 6.28. The van der Waals surface area contributed by atoms with Gasteiger partial charge in [-0.1, -0.05) is 59.0 Å². The average Bonchev–Trinajstić information content (AvgIpc) is 2.16. The normalized spacial score (nSPS) is 18.6. The number of alkyl halides is 2. The fourth-order valence-electron chi connectivity index (χ4n) is 1.47. The number of hydrogen-bond acceptors (Lipinski definition) is 0. The monoisotopic (exact) mass is 460 g/mol. The molecule has 0 heterocycles. The molecule has 5 heteroatoms. The maximum atomic E-state index is 13.5. The van der Waals surface area contributed by atoms with Crippen molar-refractivity contribution in [3.63, 3.8) is 0 Å². The minimum absolute atomic E-state index is 0.0420. The second-order valence-corrected chi connectivity index (χ2v) is 7.43. The van der Waals surface area contributed by atoms with Crippen LogP contribution < -0.4 is 0 Å². The van der Waals surface area contributed by atoms with E-state index in [4.69, 9.17) is 0 Å². The molecule has 0 amide bonds. The number of rotatable bonds is 7. The van der Waals surface area contributed by atoms with Crippen molar-refractivity contribution in [3.05, 3.63) is 0 Å². The molecule has 16 heavy (non-hydrogen) atoms. The van der Waals surface area contributed by atoms with Gasteiger partial charge in [-0.2, -0.15) is 0 Å². The Balaban J connectivity index is 4.19. The van der Waals surface area contributed by atoms with Gasteiger partial charge in [-0.3, -0.25) is 0 Å². The van der Waals surface area contributed by atoms with Gasteiger partial charge in [0.05, 0.1) is 8.85 Å². The van der Waals surface area contributed by atoms with Crippen LogP contribution in [0.1, 0.15) is 34.1 Å². The summed E-state index contributed by atoms with van der Waals surface area (Å²) in [6, 6.07) is -0.619. The van der Waals surface area contributed by atoms with Gasteiger partial charge in [0.1, 0.15) is 0 Å². The van der Waals surface area contributed by atoms with E-state index in [2.05, 4.69) is 59.0 Å². The van der Waals surface area contributed by atoms with Gasteiger partial charge in [0.15, 0.2) is 12.6 Å². The molecular formula is C11H22F2I2N+. The van der Waals surface area contributed by atoms with E-state index in [0.29, 0.717) is 11.8 Å². The van der Waals surface area contributed by atoms with E-state index >= 15 is 0 Å². The van der Waals surface area contributed by atoms with E-state index in [0.717, 1.165) is 10.8 Å². The minimum atomic E-state index is -1.86. The first-order valence-electron chi connectivity index (χ1n) is 5.67. The van der Waals surface area contributed by atoms with Crippen LogP contribution in [0.4, 0.5) is 8.96 Å². The maximum Gasteiger partial charge on any atom is 0.167 e. The second-order valence-electron chi connectivity index (χ2n) is 4.95. The van der Waals surface area contributed by atoms with Crippen LogP contribution in [0.3, 0.4) is 0 Å². The van der Waals surface area contributed by atoms with Crippen LogP contribution in [0.5, 0.6) is 0 Å². The van der Waals surface area contributed by atoms with Crippen molar-refractivity contribution in [2.45, 2.75) is 44.1 Å². The zero-order chi connectivity index (χ0) is 12.9. The van der Waals surface area contributed by atoms with Crippen LogP contribution in [-0.4, -0.2) is 25.9 Å². The highest BCUT2D eigenvalue weighted by Crippen LogP contribution is 2.27. The van der Waals surface area contributed by atoms with Gasteiger partial charge >= 0.3 is 0 Å². The summed E-state index contributed by atoms with van der Waals surface area (Å²) in [5.41, 5.74) is 0. The van der Waals surface area contributed by atoms with E-state index < -0.39 is 11.0 Å². The summed E-state index contributed by atoms with van der Waals surface area (Å²) in [7, 11) is 0. The summed E-state index contributed by atoms with van der Waals surface area (Å²) in [6.07, 6.45) is 1.04. The van der Waals surface area contributed by atoms with Gasteiger partial charge in [0, 0.05) is 13.4 Å². The average molecular weight is 460 g/mol. The largest absolute Gasteiger partial charge is 0.167 e. The third-order valence-corrected chi connectivity index (χ3v) is 5.95. The smallest absolute Gasteiger partial charge is 0.0861 e. The molecule has 1 nitrogen and oxygen atoms in total. The molecule has 0 aliphatic carbocycles. The summed E-state index contributed by atoms with van der Waals surface area (Å²) in [5.74, 6) is 0.973. The van der Waals surface area contributed by atoms with Crippen LogP contribution in [-0.2, 0) is 0 Å². The van der Waals surface area contributed by atoms with Gasteiger partial charge in [-0.15, -0.1) is 0 Å². The van der Waals surface area contributed by atoms with Gasteiger partial charge in [-0.25, -0.2) is 0 Å². The quantitative estimate of drug-likeness (QED) is 0.289. The highest BCUT2D eigenvalue weighted by molar-refractivity contribution is 14.1. The first kappa shape index (κ1) is 17.3. The third-order valence-electron chi connectivity index (χ3n) is 2.83. The molecule has 0 saturated heterocycles. The van der Waals surface area contributed by atoms with Crippen molar-refractivity contribution in [1.82, 2.24) is 0 Å². The van der Waals surface area contributed by atoms with Crippen LogP contribution in [0.2, 0.25) is 0 Å². The zero-order valence-corrected chi connectivity index (χ0v) is 14.7. The van der Waals surface area contributed by atoms with E-state index in [1.54, 1.807) is 13.8 Å². The standard InChI is InChI=1S/C11H22F2I2N/c1-8(2)16(12,13)7-11(15)10(4)5-9(3)6-14/h8-11H,5-7H2,1-4H3/q+1. The highest BCUT2D eigenvalue weighted by Gasteiger charge is 2.38. The van der Waals surface area contributed by atoms with Crippen molar-refractivity contribution in [3.8, 4) is 0 Å². The van der Waals surface area contributed by atoms with Gasteiger partial charge in [0.25, 0.3) is 0 Å². The van der Waals surface area contributed by atoms with Crippen molar-refractivity contribution >= 4 is 45.2 Å². The Morgan fingerprint density at radius 1 is 1.12 bits per heavy atom. The molecule has 0 aromatic carbocycles. The minimum Gasteiger partial charge on any atom is -0.0861 e. The summed E-state index contributed by atoms with van der Waals surface area (Å²) >= 11 is 4.53. The summed E-state index contributed by atoms with van der Waals surface area (Å²) < 4.78 is 28.2. The number of hydrogen-bond donors (Lipinski definition) is 0. The number of halogens is 4. The molecule has 3 unspecified atom stereocenters. The summed E-state index contributed by atoms with van der Waals surface area (Å²) in [5, 5.41) is 0. The van der Waals surface area contributed by atoms with Crippen molar-refractivity contribution in [2.75, 3.05) is 11.0 Å². The summed E-state index contributed by atoms with van der Waals surface area (Å²) in [4.78, 5) is -1.86. The van der Waals surface area contributed by atoms with Gasteiger partial charge in [0.2, 0.25) is 0 Å². The van der Waals surface area contributed by atoms with Crippen LogP contribution in [0.15, 0.2) is 0 Å². The lowest BCUT2D eigenvalue weighted by atomic mass is 9.96. The second kappa shape index (κ2) is 7.66. The molecule has 0 aliphatic rings. The molecule has 0 spiro atoms. The van der Waals surface area contributed by atoms with E-state index in [9.17, 15) is 8.96 Å². The molecule has 3 atom stereocenters. The van der Waals surface area contributed by atoms with Crippen molar-refractivity contribution in [1.29, 1.82) is 0 Å². The highest BCUT2D eigenvalue weighted by atomic mass is 127. The molecule has 0 rings (SSSR count). The van der Waals surface area contributed by atoms with Crippen molar-refractivity contribution < 1.29 is 13.9 Å². The first-order chi connectivity index (χ1) is 7.20. The molecule has 0 fully saturated rings. The molecule has 0 bridgehead atoms. The molecular weight excluding hydrogens is 438 g/mol. The predicted molar refractivity (Wildman–Crippen MR) is 82.1 cm³/mol. The molecule has 0 aliphatic heterocycles. The maximum absolute atomic E-state index is 13.5. The molecule has 0 aromatic heterocycles. The molecule has 0 N–H and O–H groups in total. The van der Waals surface area contributed by atoms with Crippen LogP contribution in [0, 0.1) is 11.8 Å². The predicted octanol–water partition coefficient (Wildman–Crippen LogP) is 4.88. The Morgan fingerprint density at radius 2 is 1.62 bits per heavy atom. The molecule has 0 aromatic rings. The Labute approximate surface area is 125 Å². The van der Waals surface area contributed by atoms with Crippen LogP contribution in [0.25, 0.3) is 0 Å². The Kier molecular flexibility index (Phi) is 8.27. The zero-order valence-electron chi connectivity index (χ0n) is 10.4. The fourth-order valence-corrected chi connectivity index (χ4v) is 2.65. The lowest BCUT2D eigenvalue weighted by Crippen LogP contribution is -2.43. The Hall–Kier alpha value is 1.28. The van der Waals surface area contributed by atoms with Gasteiger partial charge in [-0.05, 0) is 32.1 Å². The Morgan fingerprint density at radius 3 is 2.00 bits per heavy atom. The van der Waals surface area contributed by atoms with E-state index in [1.807, 2.05) is 0 Å². The SMILES string of the molecule is CC(CI)CC(C)C(I)C[N+](F)(F)C(C)C. The topological polar surface area (TPSA) is 0 Å². The van der Waals surface area contributed by atoms with E-state index in [-0.39, 0.29) is 10.5 Å². The van der Waals surface area contributed by atoms with E-state index in [1.165, 1.54) is 0 Å². The van der Waals surface area contributed by atoms with Gasteiger partial charge < -0.3 is 0 Å². The lowest BCUT2D eigenvalue weighted by Gasteiger charge is -2.25. The van der Waals surface area contributed by atoms with Crippen LogP contribution >= 0.6 is 45.2 Å². The number of nitrogens with zero attached hydrogens (tertiary/aromatic N) is 1. The lowest BCUT2D eigenvalue weighted by molar-refractivity contribution is -1.18.